The summed E-state index contributed by atoms with van der Waals surface area (Å²) in [7, 11) is 3.43. The SMILES string of the molecule is COc1ccc(Br)cc1C(=O)N(C)C1CC1. The van der Waals surface area contributed by atoms with Crippen LogP contribution in [0.1, 0.15) is 23.2 Å². The molecule has 0 N–H and O–H groups in total. The summed E-state index contributed by atoms with van der Waals surface area (Å²) < 4.78 is 6.09. The molecule has 0 radical (unpaired) electrons. The Hall–Kier alpha value is -1.03. The first kappa shape index (κ1) is 11.5. The van der Waals surface area contributed by atoms with Crippen molar-refractivity contribution in [2.24, 2.45) is 0 Å². The minimum absolute atomic E-state index is 0.0284. The number of hydrogen-bond acceptors (Lipinski definition) is 2. The number of halogens is 1. The van der Waals surface area contributed by atoms with E-state index in [1.165, 1.54) is 0 Å². The first-order valence-corrected chi connectivity index (χ1v) is 6.03. The van der Waals surface area contributed by atoms with Gasteiger partial charge in [0.25, 0.3) is 5.91 Å². The maximum absolute atomic E-state index is 12.2. The molecule has 0 spiro atoms. The maximum atomic E-state index is 12.2. The Bertz CT molecular complexity index is 415. The minimum Gasteiger partial charge on any atom is -0.496 e. The van der Waals surface area contributed by atoms with Crippen molar-refractivity contribution < 1.29 is 9.53 Å². The fourth-order valence-corrected chi connectivity index (χ4v) is 2.03. The molecule has 1 amide bonds. The molecular weight excluding hydrogens is 270 g/mol. The predicted octanol–water partition coefficient (Wildman–Crippen LogP) is 2.69. The van der Waals surface area contributed by atoms with E-state index < -0.39 is 0 Å². The third kappa shape index (κ3) is 2.21. The van der Waals surface area contributed by atoms with Crippen molar-refractivity contribution in [3.8, 4) is 5.75 Å². The van der Waals surface area contributed by atoms with Crippen LogP contribution in [-0.4, -0.2) is 31.0 Å². The number of rotatable bonds is 3. The van der Waals surface area contributed by atoms with Crippen LogP contribution in [0.4, 0.5) is 0 Å². The van der Waals surface area contributed by atoms with Gasteiger partial charge in [-0.15, -0.1) is 0 Å². The van der Waals surface area contributed by atoms with E-state index >= 15 is 0 Å². The van der Waals surface area contributed by atoms with Gasteiger partial charge in [-0.3, -0.25) is 4.79 Å². The van der Waals surface area contributed by atoms with E-state index in [0.717, 1.165) is 17.3 Å². The first-order chi connectivity index (χ1) is 7.63. The molecule has 1 saturated carbocycles. The van der Waals surface area contributed by atoms with Crippen LogP contribution in [-0.2, 0) is 0 Å². The summed E-state index contributed by atoms with van der Waals surface area (Å²) in [5, 5.41) is 0. The average molecular weight is 284 g/mol. The molecule has 0 aliphatic heterocycles. The molecule has 3 nitrogen and oxygen atoms in total. The van der Waals surface area contributed by atoms with Gasteiger partial charge >= 0.3 is 0 Å². The van der Waals surface area contributed by atoms with Crippen molar-refractivity contribution in [2.45, 2.75) is 18.9 Å². The molecule has 0 aromatic heterocycles. The zero-order chi connectivity index (χ0) is 11.7. The highest BCUT2D eigenvalue weighted by Gasteiger charge is 2.31. The molecule has 0 bridgehead atoms. The fourth-order valence-electron chi connectivity index (χ4n) is 1.66. The van der Waals surface area contributed by atoms with Gasteiger partial charge in [-0.05, 0) is 31.0 Å². The number of ether oxygens (including phenoxy) is 1. The Labute approximate surface area is 104 Å². The normalized spacial score (nSPS) is 14.7. The third-order valence-electron chi connectivity index (χ3n) is 2.81. The third-order valence-corrected chi connectivity index (χ3v) is 3.30. The van der Waals surface area contributed by atoms with Crippen molar-refractivity contribution in [1.82, 2.24) is 4.90 Å². The standard InChI is InChI=1S/C12H14BrNO2/c1-14(9-4-5-9)12(15)10-7-8(13)3-6-11(10)16-2/h3,6-7,9H,4-5H2,1-2H3. The van der Waals surface area contributed by atoms with Crippen molar-refractivity contribution in [1.29, 1.82) is 0 Å². The first-order valence-electron chi connectivity index (χ1n) is 5.24. The van der Waals surface area contributed by atoms with E-state index in [-0.39, 0.29) is 5.91 Å². The largest absolute Gasteiger partial charge is 0.496 e. The maximum Gasteiger partial charge on any atom is 0.257 e. The molecule has 0 atom stereocenters. The molecule has 1 aromatic carbocycles. The summed E-state index contributed by atoms with van der Waals surface area (Å²) in [5.41, 5.74) is 0.617. The van der Waals surface area contributed by atoms with Gasteiger partial charge in [0.2, 0.25) is 0 Å². The summed E-state index contributed by atoms with van der Waals surface area (Å²) in [6, 6.07) is 5.89. The summed E-state index contributed by atoms with van der Waals surface area (Å²) in [4.78, 5) is 14.0. The van der Waals surface area contributed by atoms with Crippen LogP contribution in [0.2, 0.25) is 0 Å². The highest BCUT2D eigenvalue weighted by molar-refractivity contribution is 9.10. The van der Waals surface area contributed by atoms with Gasteiger partial charge in [-0.2, -0.15) is 0 Å². The Balaban J connectivity index is 2.30. The number of methoxy groups -OCH3 is 1. The molecule has 1 fully saturated rings. The van der Waals surface area contributed by atoms with E-state index in [2.05, 4.69) is 15.9 Å². The van der Waals surface area contributed by atoms with Crippen molar-refractivity contribution in [2.75, 3.05) is 14.2 Å². The lowest BCUT2D eigenvalue weighted by Crippen LogP contribution is -2.29. The van der Waals surface area contributed by atoms with Crippen LogP contribution in [0, 0.1) is 0 Å². The lowest BCUT2D eigenvalue weighted by Gasteiger charge is -2.18. The summed E-state index contributed by atoms with van der Waals surface area (Å²) >= 11 is 3.37. The quantitative estimate of drug-likeness (QED) is 0.854. The predicted molar refractivity (Wildman–Crippen MR) is 65.8 cm³/mol. The van der Waals surface area contributed by atoms with Crippen LogP contribution in [0.3, 0.4) is 0 Å². The highest BCUT2D eigenvalue weighted by Crippen LogP contribution is 2.30. The Morgan fingerprint density at radius 3 is 2.75 bits per heavy atom. The zero-order valence-electron chi connectivity index (χ0n) is 9.37. The van der Waals surface area contributed by atoms with Gasteiger partial charge in [0.1, 0.15) is 5.75 Å². The number of carbonyl (C=O) groups is 1. The van der Waals surface area contributed by atoms with Gasteiger partial charge in [0, 0.05) is 17.6 Å². The minimum atomic E-state index is 0.0284. The van der Waals surface area contributed by atoms with Crippen LogP contribution in [0.5, 0.6) is 5.75 Å². The van der Waals surface area contributed by atoms with E-state index in [4.69, 9.17) is 4.74 Å². The monoisotopic (exact) mass is 283 g/mol. The zero-order valence-corrected chi connectivity index (χ0v) is 11.0. The number of amides is 1. The number of nitrogens with zero attached hydrogens (tertiary/aromatic N) is 1. The summed E-state index contributed by atoms with van der Waals surface area (Å²) in [5.74, 6) is 0.654. The van der Waals surface area contributed by atoms with Crippen LogP contribution < -0.4 is 4.74 Å². The second kappa shape index (κ2) is 4.45. The highest BCUT2D eigenvalue weighted by atomic mass is 79.9. The second-order valence-electron chi connectivity index (χ2n) is 3.99. The molecular formula is C12H14BrNO2. The van der Waals surface area contributed by atoms with Gasteiger partial charge in [-0.25, -0.2) is 0 Å². The lowest BCUT2D eigenvalue weighted by molar-refractivity contribution is 0.0781. The van der Waals surface area contributed by atoms with Crippen LogP contribution in [0.25, 0.3) is 0 Å². The molecule has 86 valence electrons. The van der Waals surface area contributed by atoms with Crippen molar-refractivity contribution in [3.05, 3.63) is 28.2 Å². The molecule has 0 saturated heterocycles. The van der Waals surface area contributed by atoms with Crippen molar-refractivity contribution >= 4 is 21.8 Å². The van der Waals surface area contributed by atoms with E-state index in [1.54, 1.807) is 24.1 Å². The number of benzene rings is 1. The average Bonchev–Trinajstić information content (AvgIpc) is 3.11. The van der Waals surface area contributed by atoms with Gasteiger partial charge in [-0.1, -0.05) is 15.9 Å². The summed E-state index contributed by atoms with van der Waals surface area (Å²) in [6.07, 6.45) is 2.22. The molecule has 0 heterocycles. The molecule has 1 aromatic rings. The summed E-state index contributed by atoms with van der Waals surface area (Å²) in [6.45, 7) is 0. The fraction of sp³-hybridized carbons (Fsp3) is 0.417. The van der Waals surface area contributed by atoms with E-state index in [1.807, 2.05) is 13.1 Å². The molecule has 16 heavy (non-hydrogen) atoms. The molecule has 1 aliphatic rings. The Kier molecular flexibility index (Phi) is 3.19. The van der Waals surface area contributed by atoms with E-state index in [9.17, 15) is 4.79 Å². The Morgan fingerprint density at radius 2 is 2.19 bits per heavy atom. The van der Waals surface area contributed by atoms with Gasteiger partial charge in [0.15, 0.2) is 0 Å². The van der Waals surface area contributed by atoms with E-state index in [0.29, 0.717) is 17.4 Å². The van der Waals surface area contributed by atoms with Crippen LogP contribution in [0.15, 0.2) is 22.7 Å². The van der Waals surface area contributed by atoms with Crippen molar-refractivity contribution in [3.63, 3.8) is 0 Å². The topological polar surface area (TPSA) is 29.5 Å². The number of hydrogen-bond donors (Lipinski definition) is 0. The van der Waals surface area contributed by atoms with Gasteiger partial charge in [0.05, 0.1) is 12.7 Å². The molecule has 1 aliphatic carbocycles. The molecule has 0 unspecified atom stereocenters. The van der Waals surface area contributed by atoms with Crippen LogP contribution >= 0.6 is 15.9 Å². The smallest absolute Gasteiger partial charge is 0.257 e. The Morgan fingerprint density at radius 1 is 1.50 bits per heavy atom. The van der Waals surface area contributed by atoms with Gasteiger partial charge < -0.3 is 9.64 Å². The lowest BCUT2D eigenvalue weighted by atomic mass is 10.1. The second-order valence-corrected chi connectivity index (χ2v) is 4.91. The number of carbonyl (C=O) groups excluding carboxylic acids is 1. The molecule has 4 heteroatoms. The molecule has 2 rings (SSSR count).